The number of carbonyl (C=O) groups excluding carboxylic acids is 2. The Labute approximate surface area is 226 Å². The van der Waals surface area contributed by atoms with Crippen LogP contribution in [-0.4, -0.2) is 24.6 Å². The Kier molecular flexibility index (Phi) is 6.08. The van der Waals surface area contributed by atoms with Gasteiger partial charge in [0.1, 0.15) is 16.8 Å². The number of ether oxygens (including phenoxy) is 2. The van der Waals surface area contributed by atoms with Gasteiger partial charge >= 0.3 is 5.97 Å². The number of para-hydroxylation sites is 1. The van der Waals surface area contributed by atoms with Crippen molar-refractivity contribution in [2.75, 3.05) is 12.0 Å². The van der Waals surface area contributed by atoms with E-state index in [0.29, 0.717) is 22.6 Å². The van der Waals surface area contributed by atoms with Crippen LogP contribution in [0.3, 0.4) is 0 Å². The summed E-state index contributed by atoms with van der Waals surface area (Å²) in [6, 6.07) is 20.3. The molecule has 8 heteroatoms. The third-order valence-electron chi connectivity index (χ3n) is 7.30. The number of esters is 1. The Morgan fingerprint density at radius 3 is 2.36 bits per heavy atom. The molecule has 2 aromatic carbocycles. The molecule has 1 aliphatic carbocycles. The second-order valence-electron chi connectivity index (χ2n) is 10.7. The normalized spacial score (nSPS) is 21.2. The van der Waals surface area contributed by atoms with Gasteiger partial charge < -0.3 is 18.8 Å². The van der Waals surface area contributed by atoms with Crippen molar-refractivity contribution in [3.63, 3.8) is 0 Å². The zero-order valence-corrected chi connectivity index (χ0v) is 22.1. The van der Waals surface area contributed by atoms with Crippen LogP contribution in [0.2, 0.25) is 0 Å². The Balaban J connectivity index is 1.74. The summed E-state index contributed by atoms with van der Waals surface area (Å²) in [6.07, 6.45) is 4.21. The fraction of sp³-hybridized carbons (Fsp3) is 0.290. The van der Waals surface area contributed by atoms with Crippen molar-refractivity contribution in [1.29, 1.82) is 10.5 Å². The van der Waals surface area contributed by atoms with E-state index in [1.54, 1.807) is 75.2 Å². The van der Waals surface area contributed by atoms with E-state index < -0.39 is 34.2 Å². The summed E-state index contributed by atoms with van der Waals surface area (Å²) in [5, 5.41) is 21.2. The van der Waals surface area contributed by atoms with E-state index in [1.165, 1.54) is 18.6 Å². The van der Waals surface area contributed by atoms with Crippen molar-refractivity contribution in [2.24, 2.45) is 5.41 Å². The van der Waals surface area contributed by atoms with E-state index in [2.05, 4.69) is 12.1 Å². The second-order valence-corrected chi connectivity index (χ2v) is 10.7. The van der Waals surface area contributed by atoms with Gasteiger partial charge in [0.2, 0.25) is 5.91 Å². The van der Waals surface area contributed by atoms with Gasteiger partial charge in [-0.1, -0.05) is 30.3 Å². The van der Waals surface area contributed by atoms with Crippen LogP contribution < -0.4 is 9.64 Å². The number of fused-ring (bicyclic) bond motifs is 2. The monoisotopic (exact) mass is 521 g/mol. The average Bonchev–Trinajstić information content (AvgIpc) is 3.61. The molecule has 2 atom stereocenters. The summed E-state index contributed by atoms with van der Waals surface area (Å²) in [4.78, 5) is 30.0. The van der Waals surface area contributed by atoms with E-state index >= 15 is 0 Å². The summed E-state index contributed by atoms with van der Waals surface area (Å²) in [5.74, 6) is -1.47. The summed E-state index contributed by atoms with van der Waals surface area (Å²) >= 11 is 0. The minimum Gasteiger partial charge on any atom is -0.497 e. The highest BCUT2D eigenvalue weighted by Gasteiger charge is 2.72. The maximum atomic E-state index is 14.8. The molecule has 1 amide bonds. The molecule has 1 aliphatic heterocycles. The highest BCUT2D eigenvalue weighted by molar-refractivity contribution is 6.13. The van der Waals surface area contributed by atoms with E-state index in [9.17, 15) is 20.1 Å². The van der Waals surface area contributed by atoms with Crippen LogP contribution in [0.4, 0.5) is 5.69 Å². The summed E-state index contributed by atoms with van der Waals surface area (Å²) in [5.41, 5.74) is -2.13. The SMILES string of the molecule is COc1ccc(CN2C(=O)[C@]3(c4ccccc42)[C@H](c2ccoc2)C(C(=O)OC(C)(C)C)=CC3(C#N)C#N)cc1. The molecule has 2 heterocycles. The van der Waals surface area contributed by atoms with Gasteiger partial charge in [-0.15, -0.1) is 0 Å². The van der Waals surface area contributed by atoms with Crippen molar-refractivity contribution in [3.8, 4) is 17.9 Å². The van der Waals surface area contributed by atoms with E-state index in [4.69, 9.17) is 13.9 Å². The Morgan fingerprint density at radius 1 is 1.08 bits per heavy atom. The molecular weight excluding hydrogens is 494 g/mol. The average molecular weight is 522 g/mol. The predicted octanol–water partition coefficient (Wildman–Crippen LogP) is 5.17. The maximum absolute atomic E-state index is 14.8. The minimum absolute atomic E-state index is 0.0730. The molecule has 8 nitrogen and oxygen atoms in total. The number of allylic oxidation sites excluding steroid dienone is 1. The van der Waals surface area contributed by atoms with Gasteiger partial charge in [-0.25, -0.2) is 4.79 Å². The quantitative estimate of drug-likeness (QED) is 0.425. The first-order valence-electron chi connectivity index (χ1n) is 12.5. The lowest BCUT2D eigenvalue weighted by Gasteiger charge is -2.37. The maximum Gasteiger partial charge on any atom is 0.334 e. The molecule has 0 fully saturated rings. The Bertz CT molecular complexity index is 1540. The first-order valence-corrected chi connectivity index (χ1v) is 12.5. The van der Waals surface area contributed by atoms with Crippen molar-refractivity contribution in [1.82, 2.24) is 0 Å². The first kappa shape index (κ1) is 25.8. The zero-order chi connectivity index (χ0) is 28.0. The van der Waals surface area contributed by atoms with Gasteiger partial charge in [0.25, 0.3) is 0 Å². The lowest BCUT2D eigenvalue weighted by Crippen LogP contribution is -2.52. The van der Waals surface area contributed by atoms with Crippen molar-refractivity contribution < 1.29 is 23.5 Å². The van der Waals surface area contributed by atoms with Crippen LogP contribution in [0.1, 0.15) is 43.4 Å². The molecule has 1 spiro atoms. The summed E-state index contributed by atoms with van der Waals surface area (Å²) < 4.78 is 16.3. The number of amides is 1. The van der Waals surface area contributed by atoms with Crippen molar-refractivity contribution in [2.45, 2.75) is 44.2 Å². The van der Waals surface area contributed by atoms with Crippen molar-refractivity contribution >= 4 is 17.6 Å². The van der Waals surface area contributed by atoms with Gasteiger partial charge in [0.15, 0.2) is 5.41 Å². The molecule has 0 saturated carbocycles. The molecule has 0 saturated heterocycles. The Hall–Kier alpha value is -4.82. The van der Waals surface area contributed by atoms with E-state index in [0.717, 1.165) is 5.56 Å². The van der Waals surface area contributed by atoms with Gasteiger partial charge in [0.05, 0.1) is 38.3 Å². The molecule has 196 valence electrons. The Morgan fingerprint density at radius 2 is 1.77 bits per heavy atom. The molecule has 3 aromatic rings. The number of rotatable bonds is 5. The van der Waals surface area contributed by atoms with Crippen LogP contribution in [0.25, 0.3) is 0 Å². The summed E-state index contributed by atoms with van der Waals surface area (Å²) in [7, 11) is 1.58. The fourth-order valence-corrected chi connectivity index (χ4v) is 5.75. The zero-order valence-electron chi connectivity index (χ0n) is 22.1. The molecule has 5 rings (SSSR count). The highest BCUT2D eigenvalue weighted by Crippen LogP contribution is 2.65. The second kappa shape index (κ2) is 9.18. The van der Waals surface area contributed by atoms with Gasteiger partial charge in [-0.05, 0) is 67.8 Å². The number of methoxy groups -OCH3 is 1. The van der Waals surface area contributed by atoms with Gasteiger partial charge in [0, 0.05) is 17.2 Å². The fourth-order valence-electron chi connectivity index (χ4n) is 5.75. The molecule has 1 aromatic heterocycles. The topological polar surface area (TPSA) is 117 Å². The van der Waals surface area contributed by atoms with Crippen molar-refractivity contribution in [3.05, 3.63) is 95.5 Å². The van der Waals surface area contributed by atoms with Crippen LogP contribution in [0, 0.1) is 28.1 Å². The molecule has 2 aliphatic rings. The summed E-state index contributed by atoms with van der Waals surface area (Å²) in [6.45, 7) is 5.39. The van der Waals surface area contributed by atoms with Crippen LogP contribution >= 0.6 is 0 Å². The van der Waals surface area contributed by atoms with Crippen LogP contribution in [0.15, 0.2) is 83.2 Å². The molecule has 0 radical (unpaired) electrons. The third-order valence-corrected chi connectivity index (χ3v) is 7.30. The molecule has 39 heavy (non-hydrogen) atoms. The number of hydrogen-bond donors (Lipinski definition) is 0. The number of furan rings is 1. The number of anilines is 1. The van der Waals surface area contributed by atoms with E-state index in [-0.39, 0.29) is 12.1 Å². The number of carbonyl (C=O) groups is 2. The molecule has 0 unspecified atom stereocenters. The van der Waals surface area contributed by atoms with Gasteiger partial charge in [-0.3, -0.25) is 4.79 Å². The smallest absolute Gasteiger partial charge is 0.334 e. The third kappa shape index (κ3) is 3.80. The number of benzene rings is 2. The lowest BCUT2D eigenvalue weighted by atomic mass is 9.58. The number of nitrogens with zero attached hydrogens (tertiary/aromatic N) is 3. The largest absolute Gasteiger partial charge is 0.497 e. The van der Waals surface area contributed by atoms with E-state index in [1.807, 2.05) is 12.1 Å². The predicted molar refractivity (Wildman–Crippen MR) is 141 cm³/mol. The minimum atomic E-state index is -2.00. The van der Waals surface area contributed by atoms with Crippen LogP contribution in [0.5, 0.6) is 5.75 Å². The molecule has 0 bridgehead atoms. The number of nitriles is 2. The number of hydrogen-bond acceptors (Lipinski definition) is 7. The molecule has 0 N–H and O–H groups in total. The first-order chi connectivity index (χ1) is 18.6. The lowest BCUT2D eigenvalue weighted by molar-refractivity contribution is -0.150. The molecular formula is C31H27N3O5. The van der Waals surface area contributed by atoms with Gasteiger partial charge in [-0.2, -0.15) is 10.5 Å². The highest BCUT2D eigenvalue weighted by atomic mass is 16.6. The van der Waals surface area contributed by atoms with Crippen LogP contribution in [-0.2, 0) is 26.3 Å². The standard InChI is InChI=1S/C31H27N3O5/c1-29(2,3)39-27(35)23-15-30(18-32,19-33)31(26(23)21-13-14-38-17-21)24-7-5-6-8-25(24)34(28(31)36)16-20-9-11-22(37-4)12-10-20/h5-15,17,26H,16H2,1-4H3/t26-,31+/m1/s1.